The van der Waals surface area contributed by atoms with Crippen LogP contribution in [0.25, 0.3) is 0 Å². The van der Waals surface area contributed by atoms with Crippen LogP contribution in [0, 0.1) is 0 Å². The number of esters is 1. The molecule has 1 amide bonds. The van der Waals surface area contributed by atoms with Gasteiger partial charge in [0.05, 0.1) is 12.2 Å². The summed E-state index contributed by atoms with van der Waals surface area (Å²) in [6.07, 6.45) is 0. The van der Waals surface area contributed by atoms with Gasteiger partial charge < -0.3 is 15.2 Å². The van der Waals surface area contributed by atoms with E-state index < -0.39 is 11.9 Å². The Balaban J connectivity index is 2.19. The number of para-hydroxylation sites is 1. The number of rotatable bonds is 5. The topological polar surface area (TPSA) is 104 Å². The van der Waals surface area contributed by atoms with Crippen LogP contribution in [-0.4, -0.2) is 28.7 Å². The van der Waals surface area contributed by atoms with Crippen LogP contribution in [0.4, 0.5) is 0 Å². The van der Waals surface area contributed by atoms with E-state index in [1.54, 1.807) is 25.1 Å². The average molecular weight is 293 g/mol. The Morgan fingerprint density at radius 2 is 2.05 bits per heavy atom. The van der Waals surface area contributed by atoms with Crippen molar-refractivity contribution in [3.05, 3.63) is 34.8 Å². The van der Waals surface area contributed by atoms with E-state index in [-0.39, 0.29) is 28.1 Å². The van der Waals surface area contributed by atoms with Gasteiger partial charge >= 0.3 is 5.97 Å². The van der Waals surface area contributed by atoms with E-state index >= 15 is 0 Å². The van der Waals surface area contributed by atoms with Crippen molar-refractivity contribution in [2.45, 2.75) is 6.92 Å². The van der Waals surface area contributed by atoms with Gasteiger partial charge in [-0.2, -0.15) is 0 Å². The summed E-state index contributed by atoms with van der Waals surface area (Å²) < 4.78 is 10.2. The van der Waals surface area contributed by atoms with Crippen molar-refractivity contribution >= 4 is 23.2 Å². The number of nitrogens with zero attached hydrogens (tertiary/aromatic N) is 2. The average Bonchev–Trinajstić information content (AvgIpc) is 2.88. The monoisotopic (exact) mass is 293 g/mol. The number of carbonyl (C=O) groups excluding carboxylic acids is 2. The first kappa shape index (κ1) is 13.9. The third-order valence-electron chi connectivity index (χ3n) is 2.21. The minimum absolute atomic E-state index is 0.0819. The Morgan fingerprint density at radius 3 is 2.75 bits per heavy atom. The molecule has 0 unspecified atom stereocenters. The molecule has 2 rings (SSSR count). The summed E-state index contributed by atoms with van der Waals surface area (Å²) in [6.45, 7) is 1.94. The minimum atomic E-state index is -0.615. The molecule has 0 radical (unpaired) electrons. The van der Waals surface area contributed by atoms with Gasteiger partial charge in [0.1, 0.15) is 5.75 Å². The maximum Gasteiger partial charge on any atom is 0.369 e. The molecule has 7 nitrogen and oxygen atoms in total. The number of nitrogens with two attached hydrogens (primary N) is 1. The maximum atomic E-state index is 11.4. The van der Waals surface area contributed by atoms with Crippen LogP contribution in [0.15, 0.2) is 24.3 Å². The summed E-state index contributed by atoms with van der Waals surface area (Å²) in [7, 11) is 0. The molecule has 0 fully saturated rings. The highest BCUT2D eigenvalue weighted by Crippen LogP contribution is 2.27. The highest BCUT2D eigenvalue weighted by atomic mass is 32.1. The fraction of sp³-hybridized carbons (Fsp3) is 0.167. The van der Waals surface area contributed by atoms with Crippen LogP contribution in [0.5, 0.6) is 10.9 Å². The first-order valence-corrected chi connectivity index (χ1v) is 6.50. The Hall–Kier alpha value is -2.48. The second-order valence-electron chi connectivity index (χ2n) is 3.56. The fourth-order valence-corrected chi connectivity index (χ4v) is 1.98. The summed E-state index contributed by atoms with van der Waals surface area (Å²) >= 11 is 0.925. The Kier molecular flexibility index (Phi) is 4.26. The van der Waals surface area contributed by atoms with Gasteiger partial charge in [0, 0.05) is 0 Å². The zero-order chi connectivity index (χ0) is 14.5. The lowest BCUT2D eigenvalue weighted by Crippen LogP contribution is -2.11. The van der Waals surface area contributed by atoms with Crippen molar-refractivity contribution in [2.75, 3.05) is 6.61 Å². The van der Waals surface area contributed by atoms with Crippen molar-refractivity contribution in [1.82, 2.24) is 10.2 Å². The summed E-state index contributed by atoms with van der Waals surface area (Å²) in [6, 6.07) is 6.46. The van der Waals surface area contributed by atoms with Crippen LogP contribution in [0.3, 0.4) is 0 Å². The molecular weight excluding hydrogens is 282 g/mol. The molecule has 8 heteroatoms. The normalized spacial score (nSPS) is 10.1. The van der Waals surface area contributed by atoms with Gasteiger partial charge in [-0.1, -0.05) is 17.2 Å². The fourth-order valence-electron chi connectivity index (χ4n) is 1.38. The van der Waals surface area contributed by atoms with E-state index in [4.69, 9.17) is 15.2 Å². The van der Waals surface area contributed by atoms with E-state index in [9.17, 15) is 9.59 Å². The van der Waals surface area contributed by atoms with Gasteiger partial charge in [-0.25, -0.2) is 4.79 Å². The van der Waals surface area contributed by atoms with Crippen molar-refractivity contribution < 1.29 is 19.1 Å². The van der Waals surface area contributed by atoms with Crippen molar-refractivity contribution in [1.29, 1.82) is 0 Å². The van der Waals surface area contributed by atoms with Gasteiger partial charge in [-0.15, -0.1) is 5.10 Å². The quantitative estimate of drug-likeness (QED) is 0.840. The smallest absolute Gasteiger partial charge is 0.369 e. The van der Waals surface area contributed by atoms with Gasteiger partial charge in [0.25, 0.3) is 11.1 Å². The molecule has 0 aliphatic heterocycles. The van der Waals surface area contributed by atoms with Crippen molar-refractivity contribution in [2.24, 2.45) is 5.73 Å². The molecule has 1 aromatic heterocycles. The number of aromatic nitrogens is 2. The predicted molar refractivity (Wildman–Crippen MR) is 70.9 cm³/mol. The molecule has 20 heavy (non-hydrogen) atoms. The highest BCUT2D eigenvalue weighted by molar-refractivity contribution is 7.14. The molecule has 1 aromatic carbocycles. The van der Waals surface area contributed by atoms with E-state index in [1.807, 2.05) is 0 Å². The van der Waals surface area contributed by atoms with Crippen LogP contribution >= 0.6 is 11.3 Å². The standard InChI is InChI=1S/C12H11N3O4S/c1-2-18-11(17)10-14-15-12(20-10)19-8-6-4-3-5-7(8)9(13)16/h3-6H,2H2,1H3,(H2,13,16). The summed E-state index contributed by atoms with van der Waals surface area (Å²) in [5, 5.41) is 7.58. The molecular formula is C12H11N3O4S. The highest BCUT2D eigenvalue weighted by Gasteiger charge is 2.16. The molecule has 0 atom stereocenters. The minimum Gasteiger partial charge on any atom is -0.461 e. The molecule has 0 bridgehead atoms. The molecule has 104 valence electrons. The number of ether oxygens (including phenoxy) is 2. The second kappa shape index (κ2) is 6.11. The van der Waals surface area contributed by atoms with Crippen molar-refractivity contribution in [3.8, 4) is 10.9 Å². The van der Waals surface area contributed by atoms with E-state index in [0.29, 0.717) is 0 Å². The first-order valence-electron chi connectivity index (χ1n) is 5.69. The number of primary amides is 1. The van der Waals surface area contributed by atoms with Crippen LogP contribution < -0.4 is 10.5 Å². The van der Waals surface area contributed by atoms with Crippen LogP contribution in [-0.2, 0) is 4.74 Å². The Labute approximate surface area is 118 Å². The summed E-state index contributed by atoms with van der Waals surface area (Å²) in [5.74, 6) is -0.926. The van der Waals surface area contributed by atoms with Crippen LogP contribution in [0.1, 0.15) is 27.1 Å². The van der Waals surface area contributed by atoms with Crippen LogP contribution in [0.2, 0.25) is 0 Å². The number of benzene rings is 1. The number of hydrogen-bond acceptors (Lipinski definition) is 7. The maximum absolute atomic E-state index is 11.4. The van der Waals surface area contributed by atoms with E-state index in [1.165, 1.54) is 6.07 Å². The lowest BCUT2D eigenvalue weighted by molar-refractivity contribution is 0.0525. The van der Waals surface area contributed by atoms with Crippen molar-refractivity contribution in [3.63, 3.8) is 0 Å². The Morgan fingerprint density at radius 1 is 1.30 bits per heavy atom. The lowest BCUT2D eigenvalue weighted by Gasteiger charge is -2.04. The molecule has 0 saturated heterocycles. The third kappa shape index (κ3) is 3.09. The van der Waals surface area contributed by atoms with E-state index in [2.05, 4.69) is 10.2 Å². The molecule has 0 saturated carbocycles. The predicted octanol–water partition coefficient (Wildman–Crippen LogP) is 1.61. The number of hydrogen-bond donors (Lipinski definition) is 1. The van der Waals surface area contributed by atoms with E-state index in [0.717, 1.165) is 11.3 Å². The second-order valence-corrected chi connectivity index (χ2v) is 4.50. The summed E-state index contributed by atoms with van der Waals surface area (Å²) in [4.78, 5) is 22.7. The SMILES string of the molecule is CCOC(=O)c1nnc(Oc2ccccc2C(N)=O)s1. The third-order valence-corrected chi connectivity index (χ3v) is 2.99. The molecule has 2 N–H and O–H groups in total. The number of carbonyl (C=O) groups is 2. The van der Waals surface area contributed by atoms with Gasteiger partial charge in [0.15, 0.2) is 0 Å². The molecule has 0 spiro atoms. The molecule has 0 aliphatic carbocycles. The Bertz CT molecular complexity index is 641. The molecule has 0 aliphatic rings. The molecule has 2 aromatic rings. The molecule has 1 heterocycles. The number of amides is 1. The first-order chi connectivity index (χ1) is 9.61. The largest absolute Gasteiger partial charge is 0.461 e. The zero-order valence-corrected chi connectivity index (χ0v) is 11.3. The van der Waals surface area contributed by atoms with Gasteiger partial charge in [0.2, 0.25) is 5.01 Å². The zero-order valence-electron chi connectivity index (χ0n) is 10.5. The van der Waals surface area contributed by atoms with Gasteiger partial charge in [-0.3, -0.25) is 4.79 Å². The van der Waals surface area contributed by atoms with Gasteiger partial charge in [-0.05, 0) is 30.4 Å². The lowest BCUT2D eigenvalue weighted by atomic mass is 10.2. The summed E-state index contributed by atoms with van der Waals surface area (Å²) in [5.41, 5.74) is 5.46.